The summed E-state index contributed by atoms with van der Waals surface area (Å²) in [5.74, 6) is -0.501. The highest BCUT2D eigenvalue weighted by molar-refractivity contribution is 5.77. The number of unbranched alkanes of at least 4 members (excludes halogenated alkanes) is 13. The normalized spacial score (nSPS) is 10.7. The van der Waals surface area contributed by atoms with E-state index in [1.54, 1.807) is 0 Å². The molecule has 0 saturated heterocycles. The lowest BCUT2D eigenvalue weighted by Crippen LogP contribution is -2.27. The Morgan fingerprint density at radius 3 is 1.29 bits per heavy atom. The van der Waals surface area contributed by atoms with Crippen LogP contribution in [0.5, 0.6) is 0 Å². The molecule has 3 N–H and O–H groups in total. The Kier molecular flexibility index (Phi) is 21.9. The molecule has 0 bridgehead atoms. The van der Waals surface area contributed by atoms with Gasteiger partial charge in [-0.2, -0.15) is 0 Å². The Morgan fingerprint density at radius 2 is 0.871 bits per heavy atom. The standard InChI is InChI=1S/C25H48N2O4/c1-2-21-26-24(29)19-17-22-27-23(28)18-15-13-11-9-7-5-3-4-6-8-10-12-14-16-20-25(30)31/h2-22H2,1H3,(H,26,29)(H,27,28)(H,30,31). The molecule has 0 aromatic carbocycles. The topological polar surface area (TPSA) is 95.5 Å². The molecule has 0 radical (unpaired) electrons. The lowest BCUT2D eigenvalue weighted by Gasteiger charge is -2.06. The lowest BCUT2D eigenvalue weighted by molar-refractivity contribution is -0.137. The summed E-state index contributed by atoms with van der Waals surface area (Å²) in [4.78, 5) is 33.7. The van der Waals surface area contributed by atoms with Gasteiger partial charge >= 0.3 is 5.97 Å². The predicted molar refractivity (Wildman–Crippen MR) is 127 cm³/mol. The van der Waals surface area contributed by atoms with Crippen LogP contribution >= 0.6 is 0 Å². The Hall–Kier alpha value is -1.59. The summed E-state index contributed by atoms with van der Waals surface area (Å²) in [6, 6.07) is 0. The summed E-state index contributed by atoms with van der Waals surface area (Å²) in [6.07, 6.45) is 19.7. The molecule has 0 aliphatic carbocycles. The van der Waals surface area contributed by atoms with Gasteiger partial charge in [-0.25, -0.2) is 0 Å². The Labute approximate surface area is 190 Å². The highest BCUT2D eigenvalue weighted by atomic mass is 16.4. The fourth-order valence-electron chi connectivity index (χ4n) is 3.60. The van der Waals surface area contributed by atoms with Gasteiger partial charge in [-0.05, 0) is 25.7 Å². The number of carboxylic acid groups (broad SMARTS) is 1. The van der Waals surface area contributed by atoms with Crippen LogP contribution in [0.25, 0.3) is 0 Å². The molecule has 0 fully saturated rings. The first-order valence-electron chi connectivity index (χ1n) is 12.8. The predicted octanol–water partition coefficient (Wildman–Crippen LogP) is 5.74. The summed E-state index contributed by atoms with van der Waals surface area (Å²) in [6.45, 7) is 3.34. The van der Waals surface area contributed by atoms with Crippen molar-refractivity contribution in [2.75, 3.05) is 13.1 Å². The molecule has 0 aromatic rings. The van der Waals surface area contributed by atoms with Crippen molar-refractivity contribution >= 4 is 17.8 Å². The zero-order chi connectivity index (χ0) is 23.0. The number of rotatable bonds is 23. The lowest BCUT2D eigenvalue weighted by atomic mass is 10.0. The molecule has 0 aliphatic rings. The number of carbonyl (C=O) groups is 3. The Balaban J connectivity index is 3.21. The molecule has 182 valence electrons. The van der Waals surface area contributed by atoms with E-state index in [0.29, 0.717) is 32.2 Å². The van der Waals surface area contributed by atoms with E-state index in [-0.39, 0.29) is 11.8 Å². The molecule has 6 heteroatoms. The first kappa shape index (κ1) is 29.4. The molecule has 0 atom stereocenters. The van der Waals surface area contributed by atoms with E-state index >= 15 is 0 Å². The van der Waals surface area contributed by atoms with E-state index in [9.17, 15) is 14.4 Å². The van der Waals surface area contributed by atoms with Crippen LogP contribution in [0.15, 0.2) is 0 Å². The Bertz CT molecular complexity index is 455. The number of aliphatic carboxylic acids is 1. The number of hydrogen-bond acceptors (Lipinski definition) is 3. The maximum absolute atomic E-state index is 11.8. The Morgan fingerprint density at radius 1 is 0.516 bits per heavy atom. The van der Waals surface area contributed by atoms with E-state index in [4.69, 9.17) is 5.11 Å². The van der Waals surface area contributed by atoms with Crippen molar-refractivity contribution in [1.29, 1.82) is 0 Å². The molecule has 0 spiro atoms. The summed E-state index contributed by atoms with van der Waals surface area (Å²) in [5.41, 5.74) is 0. The first-order chi connectivity index (χ1) is 15.1. The number of hydrogen-bond donors (Lipinski definition) is 3. The minimum atomic E-state index is -0.679. The molecule has 0 rings (SSSR count). The second kappa shape index (κ2) is 23.1. The van der Waals surface area contributed by atoms with E-state index in [2.05, 4.69) is 10.6 Å². The van der Waals surface area contributed by atoms with Crippen molar-refractivity contribution in [2.45, 2.75) is 129 Å². The van der Waals surface area contributed by atoms with Crippen molar-refractivity contribution in [2.24, 2.45) is 0 Å². The largest absolute Gasteiger partial charge is 0.481 e. The average molecular weight is 441 g/mol. The van der Waals surface area contributed by atoms with Crippen molar-refractivity contribution in [3.05, 3.63) is 0 Å². The van der Waals surface area contributed by atoms with Gasteiger partial charge in [0.05, 0.1) is 0 Å². The van der Waals surface area contributed by atoms with E-state index in [1.165, 1.54) is 64.2 Å². The van der Waals surface area contributed by atoms with Crippen molar-refractivity contribution < 1.29 is 19.5 Å². The van der Waals surface area contributed by atoms with Crippen LogP contribution in [0.3, 0.4) is 0 Å². The zero-order valence-corrected chi connectivity index (χ0v) is 20.0. The monoisotopic (exact) mass is 440 g/mol. The molecular formula is C25H48N2O4. The third kappa shape index (κ3) is 24.6. The van der Waals surface area contributed by atoms with Crippen LogP contribution in [-0.2, 0) is 14.4 Å². The molecule has 2 amide bonds. The summed E-state index contributed by atoms with van der Waals surface area (Å²) in [5, 5.41) is 14.3. The van der Waals surface area contributed by atoms with Crippen molar-refractivity contribution in [3.8, 4) is 0 Å². The van der Waals surface area contributed by atoms with Gasteiger partial charge < -0.3 is 15.7 Å². The van der Waals surface area contributed by atoms with Crippen LogP contribution in [-0.4, -0.2) is 36.0 Å². The average Bonchev–Trinajstić information content (AvgIpc) is 2.74. The van der Waals surface area contributed by atoms with Gasteiger partial charge in [0.2, 0.25) is 11.8 Å². The maximum Gasteiger partial charge on any atom is 0.303 e. The van der Waals surface area contributed by atoms with Crippen molar-refractivity contribution in [3.63, 3.8) is 0 Å². The second-order valence-corrected chi connectivity index (χ2v) is 8.65. The van der Waals surface area contributed by atoms with Gasteiger partial charge in [-0.1, -0.05) is 84.0 Å². The van der Waals surface area contributed by atoms with E-state index in [0.717, 1.165) is 38.6 Å². The molecule has 0 aliphatic heterocycles. The maximum atomic E-state index is 11.8. The number of carboxylic acids is 1. The molecule has 0 aromatic heterocycles. The highest BCUT2D eigenvalue weighted by Gasteiger charge is 2.03. The van der Waals surface area contributed by atoms with E-state index < -0.39 is 5.97 Å². The highest BCUT2D eigenvalue weighted by Crippen LogP contribution is 2.13. The minimum Gasteiger partial charge on any atom is -0.481 e. The summed E-state index contributed by atoms with van der Waals surface area (Å²) < 4.78 is 0. The van der Waals surface area contributed by atoms with Crippen LogP contribution < -0.4 is 10.6 Å². The molecule has 0 unspecified atom stereocenters. The van der Waals surface area contributed by atoms with Crippen LogP contribution in [0.2, 0.25) is 0 Å². The zero-order valence-electron chi connectivity index (χ0n) is 20.0. The van der Waals surface area contributed by atoms with Gasteiger partial charge in [0.15, 0.2) is 0 Å². The number of nitrogens with one attached hydrogen (secondary N) is 2. The van der Waals surface area contributed by atoms with E-state index in [1.807, 2.05) is 6.92 Å². The fourth-order valence-corrected chi connectivity index (χ4v) is 3.60. The fraction of sp³-hybridized carbons (Fsp3) is 0.880. The van der Waals surface area contributed by atoms with Gasteiger partial charge in [-0.3, -0.25) is 14.4 Å². The summed E-state index contributed by atoms with van der Waals surface area (Å²) in [7, 11) is 0. The van der Waals surface area contributed by atoms with Gasteiger partial charge in [0.25, 0.3) is 0 Å². The molecule has 6 nitrogen and oxygen atoms in total. The third-order valence-electron chi connectivity index (χ3n) is 5.52. The smallest absolute Gasteiger partial charge is 0.303 e. The molecule has 31 heavy (non-hydrogen) atoms. The third-order valence-corrected chi connectivity index (χ3v) is 5.52. The first-order valence-corrected chi connectivity index (χ1v) is 12.8. The second-order valence-electron chi connectivity index (χ2n) is 8.65. The van der Waals surface area contributed by atoms with Gasteiger partial charge in [0, 0.05) is 32.4 Å². The van der Waals surface area contributed by atoms with Crippen molar-refractivity contribution in [1.82, 2.24) is 10.6 Å². The SMILES string of the molecule is CCCNC(=O)CCCNC(=O)CCCCCCCCCCCCCCCCC(=O)O. The molecular weight excluding hydrogens is 392 g/mol. The van der Waals surface area contributed by atoms with Crippen LogP contribution in [0.4, 0.5) is 0 Å². The van der Waals surface area contributed by atoms with Gasteiger partial charge in [-0.15, -0.1) is 0 Å². The molecule has 0 saturated carbocycles. The van der Waals surface area contributed by atoms with Crippen LogP contribution in [0, 0.1) is 0 Å². The summed E-state index contributed by atoms with van der Waals surface area (Å²) >= 11 is 0. The molecule has 0 heterocycles. The number of carbonyl (C=O) groups excluding carboxylic acids is 2. The van der Waals surface area contributed by atoms with Gasteiger partial charge in [0.1, 0.15) is 0 Å². The quantitative estimate of drug-likeness (QED) is 0.177. The number of amides is 2. The minimum absolute atomic E-state index is 0.0704. The van der Waals surface area contributed by atoms with Crippen LogP contribution in [0.1, 0.15) is 129 Å².